The van der Waals surface area contributed by atoms with Crippen LogP contribution < -0.4 is 10.1 Å². The monoisotopic (exact) mass is 436 g/mol. The van der Waals surface area contributed by atoms with Gasteiger partial charge in [-0.3, -0.25) is 9.59 Å². The topological polar surface area (TPSA) is 58.6 Å². The first-order chi connectivity index (χ1) is 15.5. The van der Waals surface area contributed by atoms with Gasteiger partial charge in [0.2, 0.25) is 11.8 Å². The highest BCUT2D eigenvalue weighted by Crippen LogP contribution is 2.19. The van der Waals surface area contributed by atoms with Crippen LogP contribution in [0.5, 0.6) is 5.75 Å². The van der Waals surface area contributed by atoms with Crippen LogP contribution in [0.1, 0.15) is 63.0 Å². The van der Waals surface area contributed by atoms with E-state index in [2.05, 4.69) is 5.32 Å². The summed E-state index contributed by atoms with van der Waals surface area (Å²) < 4.78 is 5.77. The first-order valence-corrected chi connectivity index (χ1v) is 11.9. The van der Waals surface area contributed by atoms with Crippen molar-refractivity contribution in [1.29, 1.82) is 0 Å². The van der Waals surface area contributed by atoms with E-state index in [1.54, 1.807) is 4.90 Å². The van der Waals surface area contributed by atoms with Gasteiger partial charge in [0.15, 0.2) is 0 Å². The lowest BCUT2D eigenvalue weighted by Gasteiger charge is -2.31. The van der Waals surface area contributed by atoms with Gasteiger partial charge in [-0.25, -0.2) is 0 Å². The predicted molar refractivity (Wildman–Crippen MR) is 127 cm³/mol. The van der Waals surface area contributed by atoms with Crippen molar-refractivity contribution < 1.29 is 14.3 Å². The van der Waals surface area contributed by atoms with Crippen LogP contribution in [0.2, 0.25) is 0 Å². The fraction of sp³-hybridized carbons (Fsp3) is 0.481. The van der Waals surface area contributed by atoms with Crippen molar-refractivity contribution in [2.45, 2.75) is 77.4 Å². The number of carbonyl (C=O) groups excluding carboxylic acids is 2. The quantitative estimate of drug-likeness (QED) is 0.532. The Labute approximate surface area is 192 Å². The summed E-state index contributed by atoms with van der Waals surface area (Å²) >= 11 is 0. The van der Waals surface area contributed by atoms with Gasteiger partial charge in [0.25, 0.3) is 0 Å². The molecule has 2 amide bonds. The van der Waals surface area contributed by atoms with E-state index in [9.17, 15) is 9.59 Å². The van der Waals surface area contributed by atoms with Crippen LogP contribution >= 0.6 is 0 Å². The summed E-state index contributed by atoms with van der Waals surface area (Å²) in [6.45, 7) is 4.77. The lowest BCUT2D eigenvalue weighted by Crippen LogP contribution is -2.50. The van der Waals surface area contributed by atoms with E-state index in [0.717, 1.165) is 37.0 Å². The Morgan fingerprint density at radius 1 is 1.03 bits per heavy atom. The van der Waals surface area contributed by atoms with Gasteiger partial charge in [0, 0.05) is 19.0 Å². The number of benzene rings is 2. The van der Waals surface area contributed by atoms with Gasteiger partial charge in [0.05, 0.1) is 6.61 Å². The van der Waals surface area contributed by atoms with E-state index in [1.165, 1.54) is 12.0 Å². The van der Waals surface area contributed by atoms with Crippen molar-refractivity contribution in [2.75, 3.05) is 6.61 Å². The Morgan fingerprint density at radius 3 is 2.41 bits per heavy atom. The van der Waals surface area contributed by atoms with Gasteiger partial charge < -0.3 is 15.0 Å². The molecule has 2 aromatic carbocycles. The van der Waals surface area contributed by atoms with E-state index in [1.807, 2.05) is 68.4 Å². The summed E-state index contributed by atoms with van der Waals surface area (Å²) in [6, 6.07) is 17.5. The number of amides is 2. The molecule has 32 heavy (non-hydrogen) atoms. The maximum absolute atomic E-state index is 13.1. The van der Waals surface area contributed by atoms with Crippen LogP contribution in [0.25, 0.3) is 0 Å². The van der Waals surface area contributed by atoms with E-state index < -0.39 is 6.04 Å². The first kappa shape index (κ1) is 23.8. The van der Waals surface area contributed by atoms with Crippen molar-refractivity contribution in [1.82, 2.24) is 10.2 Å². The van der Waals surface area contributed by atoms with Gasteiger partial charge in [-0.15, -0.1) is 0 Å². The number of rotatable bonds is 10. The predicted octanol–water partition coefficient (Wildman–Crippen LogP) is 5.02. The highest BCUT2D eigenvalue weighted by atomic mass is 16.5. The minimum Gasteiger partial charge on any atom is -0.494 e. The molecule has 1 aliphatic carbocycles. The van der Waals surface area contributed by atoms with Crippen LogP contribution in [0.4, 0.5) is 0 Å². The molecular weight excluding hydrogens is 400 g/mol. The van der Waals surface area contributed by atoms with Crippen LogP contribution in [0.3, 0.4) is 0 Å². The smallest absolute Gasteiger partial charge is 0.242 e. The molecule has 5 heteroatoms. The maximum atomic E-state index is 13.1. The summed E-state index contributed by atoms with van der Waals surface area (Å²) in [5, 5.41) is 3.18. The molecule has 1 aliphatic rings. The molecule has 172 valence electrons. The number of nitrogens with one attached hydrogen (secondary N) is 1. The molecule has 3 rings (SSSR count). The Morgan fingerprint density at radius 2 is 1.72 bits per heavy atom. The van der Waals surface area contributed by atoms with Crippen molar-refractivity contribution in [3.8, 4) is 5.75 Å². The van der Waals surface area contributed by atoms with Crippen molar-refractivity contribution >= 4 is 11.8 Å². The maximum Gasteiger partial charge on any atom is 0.242 e. The third-order valence-electron chi connectivity index (χ3n) is 6.14. The molecule has 0 aliphatic heterocycles. The average Bonchev–Trinajstić information content (AvgIpc) is 2.82. The van der Waals surface area contributed by atoms with Crippen molar-refractivity contribution in [3.05, 3.63) is 65.7 Å². The summed E-state index contributed by atoms with van der Waals surface area (Å²) in [4.78, 5) is 27.8. The second-order valence-corrected chi connectivity index (χ2v) is 8.79. The third-order valence-corrected chi connectivity index (χ3v) is 6.14. The minimum atomic E-state index is -0.511. The van der Waals surface area contributed by atoms with Crippen molar-refractivity contribution in [3.63, 3.8) is 0 Å². The summed E-state index contributed by atoms with van der Waals surface area (Å²) in [6.07, 6.45) is 6.57. The number of hydrogen-bond donors (Lipinski definition) is 1. The standard InChI is InChI=1S/C27H36N2O3/c1-21-15-17-25(18-16-21)32-19-9-14-26(30)29(20-23-10-5-3-6-11-23)22(2)27(31)28-24-12-7-4-8-13-24/h3,5-6,10-11,15-18,22,24H,4,7-9,12-14,19-20H2,1-2H3,(H,28,31)/t22-/m0/s1. The number of hydrogen-bond acceptors (Lipinski definition) is 3. The molecule has 0 aromatic heterocycles. The molecule has 0 saturated heterocycles. The molecule has 1 atom stereocenters. The second-order valence-electron chi connectivity index (χ2n) is 8.79. The van der Waals surface area contributed by atoms with Crippen LogP contribution in [-0.2, 0) is 16.1 Å². The van der Waals surface area contributed by atoms with Gasteiger partial charge in [-0.05, 0) is 50.8 Å². The Kier molecular flexibility index (Phi) is 9.14. The number of ether oxygens (including phenoxy) is 1. The van der Waals surface area contributed by atoms with E-state index in [0.29, 0.717) is 26.0 Å². The van der Waals surface area contributed by atoms with Gasteiger partial charge in [-0.2, -0.15) is 0 Å². The fourth-order valence-electron chi connectivity index (χ4n) is 4.12. The molecule has 0 heterocycles. The summed E-state index contributed by atoms with van der Waals surface area (Å²) in [5.41, 5.74) is 2.21. The first-order valence-electron chi connectivity index (χ1n) is 11.9. The largest absolute Gasteiger partial charge is 0.494 e. The van der Waals surface area contributed by atoms with Crippen LogP contribution in [-0.4, -0.2) is 35.4 Å². The van der Waals surface area contributed by atoms with Gasteiger partial charge in [-0.1, -0.05) is 67.3 Å². The molecule has 1 saturated carbocycles. The fourth-order valence-corrected chi connectivity index (χ4v) is 4.12. The second kappa shape index (κ2) is 12.3. The van der Waals surface area contributed by atoms with Crippen LogP contribution in [0.15, 0.2) is 54.6 Å². The molecule has 0 bridgehead atoms. The van der Waals surface area contributed by atoms with E-state index in [-0.39, 0.29) is 17.9 Å². The lowest BCUT2D eigenvalue weighted by atomic mass is 9.95. The Bertz CT molecular complexity index is 845. The molecule has 2 aromatic rings. The molecule has 1 fully saturated rings. The molecule has 0 radical (unpaired) electrons. The molecular formula is C27H36N2O3. The van der Waals surface area contributed by atoms with Crippen molar-refractivity contribution in [2.24, 2.45) is 0 Å². The number of nitrogens with zero attached hydrogens (tertiary/aromatic N) is 1. The molecule has 0 spiro atoms. The molecule has 1 N–H and O–H groups in total. The third kappa shape index (κ3) is 7.40. The zero-order chi connectivity index (χ0) is 22.8. The molecule has 5 nitrogen and oxygen atoms in total. The van der Waals surface area contributed by atoms with E-state index >= 15 is 0 Å². The number of carbonyl (C=O) groups is 2. The SMILES string of the molecule is Cc1ccc(OCCCC(=O)N(Cc2ccccc2)[C@@H](C)C(=O)NC2CCCCC2)cc1. The Hall–Kier alpha value is -2.82. The molecule has 0 unspecified atom stereocenters. The summed E-state index contributed by atoms with van der Waals surface area (Å²) in [5.74, 6) is 0.731. The Balaban J connectivity index is 1.57. The normalized spacial score (nSPS) is 15.1. The van der Waals surface area contributed by atoms with Crippen LogP contribution in [0, 0.1) is 6.92 Å². The average molecular weight is 437 g/mol. The van der Waals surface area contributed by atoms with Gasteiger partial charge in [0.1, 0.15) is 11.8 Å². The zero-order valence-corrected chi connectivity index (χ0v) is 19.4. The zero-order valence-electron chi connectivity index (χ0n) is 19.4. The lowest BCUT2D eigenvalue weighted by molar-refractivity contribution is -0.141. The highest BCUT2D eigenvalue weighted by molar-refractivity contribution is 5.87. The minimum absolute atomic E-state index is 0.0207. The highest BCUT2D eigenvalue weighted by Gasteiger charge is 2.27. The van der Waals surface area contributed by atoms with E-state index in [4.69, 9.17) is 4.74 Å². The summed E-state index contributed by atoms with van der Waals surface area (Å²) in [7, 11) is 0. The number of aryl methyl sites for hydroxylation is 1. The van der Waals surface area contributed by atoms with Gasteiger partial charge >= 0.3 is 0 Å².